The Morgan fingerprint density at radius 1 is 1.21 bits per heavy atom. The summed E-state index contributed by atoms with van der Waals surface area (Å²) >= 11 is 1.38. The number of sulfonamides is 1. The van der Waals surface area contributed by atoms with Crippen molar-refractivity contribution in [3.05, 3.63) is 36.0 Å². The molecule has 13 heteroatoms. The van der Waals surface area contributed by atoms with E-state index in [9.17, 15) is 8.42 Å². The van der Waals surface area contributed by atoms with Crippen molar-refractivity contribution in [1.29, 1.82) is 0 Å². The normalized spacial score (nSPS) is 12.2. The Morgan fingerprint density at radius 3 is 2.64 bits per heavy atom. The Morgan fingerprint density at radius 2 is 1.97 bits per heavy atom. The summed E-state index contributed by atoms with van der Waals surface area (Å²) in [6.07, 6.45) is 1.14. The number of thioether (sulfide) groups is 1. The molecule has 0 bridgehead atoms. The van der Waals surface area contributed by atoms with Gasteiger partial charge in [0.15, 0.2) is 23.1 Å². The number of hydrogen-bond acceptors (Lipinski definition) is 10. The van der Waals surface area contributed by atoms with Crippen LogP contribution in [-0.2, 0) is 38.2 Å². The molecule has 2 aromatic heterocycles. The van der Waals surface area contributed by atoms with Crippen LogP contribution in [0.1, 0.15) is 25.1 Å². The first-order valence-corrected chi connectivity index (χ1v) is 12.7. The molecule has 0 aliphatic carbocycles. The minimum atomic E-state index is -3.60. The van der Waals surface area contributed by atoms with Crippen molar-refractivity contribution in [2.24, 2.45) is 0 Å². The van der Waals surface area contributed by atoms with Crippen molar-refractivity contribution >= 4 is 21.8 Å². The highest BCUT2D eigenvalue weighted by atomic mass is 32.2. The fourth-order valence-electron chi connectivity index (χ4n) is 2.97. The molecule has 1 aromatic carbocycles. The Balaban J connectivity index is 1.94. The molecule has 3 rings (SSSR count). The summed E-state index contributed by atoms with van der Waals surface area (Å²) in [4.78, 5) is 4.55. The molecule has 2 heterocycles. The summed E-state index contributed by atoms with van der Waals surface area (Å²) in [6.45, 7) is 2.35. The van der Waals surface area contributed by atoms with Gasteiger partial charge in [-0.15, -0.1) is 10.2 Å². The Bertz CT molecular complexity index is 1160. The van der Waals surface area contributed by atoms with Crippen molar-refractivity contribution in [2.75, 3.05) is 28.3 Å². The number of nitrogens with zero attached hydrogens (tertiary/aromatic N) is 6. The Hall–Kier alpha value is -2.32. The van der Waals surface area contributed by atoms with Gasteiger partial charge in [0.25, 0.3) is 0 Å². The summed E-state index contributed by atoms with van der Waals surface area (Å²) < 4.78 is 44.2. The van der Waals surface area contributed by atoms with Crippen LogP contribution in [0, 0.1) is 0 Å². The van der Waals surface area contributed by atoms with E-state index >= 15 is 0 Å². The van der Waals surface area contributed by atoms with Gasteiger partial charge in [0.2, 0.25) is 15.9 Å². The molecule has 0 saturated carbocycles. The molecule has 0 saturated heterocycles. The number of methoxy groups -OCH3 is 2. The molecule has 0 atom stereocenters. The fourth-order valence-corrected chi connectivity index (χ4v) is 4.71. The number of aryl methyl sites for hydroxylation is 1. The molecule has 0 N–H and O–H groups in total. The van der Waals surface area contributed by atoms with Crippen molar-refractivity contribution in [1.82, 2.24) is 29.2 Å². The van der Waals surface area contributed by atoms with Crippen LogP contribution in [-0.4, -0.2) is 72.2 Å². The summed E-state index contributed by atoms with van der Waals surface area (Å²) in [5.74, 6) is 2.07. The smallest absolute Gasteiger partial charge is 0.242 e. The molecular formula is C20H28N6O5S2. The van der Waals surface area contributed by atoms with Crippen LogP contribution in [0.2, 0.25) is 0 Å². The lowest BCUT2D eigenvalue weighted by Crippen LogP contribution is -2.22. The average molecular weight is 497 g/mol. The highest BCUT2D eigenvalue weighted by Gasteiger charge is 2.22. The van der Waals surface area contributed by atoms with Gasteiger partial charge in [0.05, 0.1) is 17.2 Å². The number of rotatable bonds is 12. The third kappa shape index (κ3) is 5.98. The summed E-state index contributed by atoms with van der Waals surface area (Å²) in [6, 6.07) is 6.59. The predicted octanol–water partition coefficient (Wildman–Crippen LogP) is 2.44. The SMILES string of the molecule is CCCc1noc(CSc2nnc(-c3cccc(S(=O)(=O)N(C)C)c3)n2CC(OC)OC)n1. The van der Waals surface area contributed by atoms with E-state index in [4.69, 9.17) is 14.0 Å². The van der Waals surface area contributed by atoms with E-state index in [2.05, 4.69) is 27.3 Å². The standard InChI is InChI=1S/C20H28N6O5S2/c1-6-8-16-21-17(31-24-16)13-32-20-23-22-19(26(20)12-18(29-4)30-5)14-9-7-10-15(11-14)33(27,28)25(2)3/h7,9-11,18H,6,8,12-13H2,1-5H3. The van der Waals surface area contributed by atoms with Crippen LogP contribution < -0.4 is 0 Å². The molecule has 0 radical (unpaired) electrons. The summed E-state index contributed by atoms with van der Waals surface area (Å²) in [5, 5.41) is 13.2. The van der Waals surface area contributed by atoms with E-state index < -0.39 is 16.3 Å². The van der Waals surface area contributed by atoms with Gasteiger partial charge in [-0.2, -0.15) is 4.98 Å². The van der Waals surface area contributed by atoms with E-state index in [1.165, 1.54) is 30.2 Å². The second-order valence-corrected chi connectivity index (χ2v) is 10.4. The quantitative estimate of drug-likeness (QED) is 0.273. The van der Waals surface area contributed by atoms with Gasteiger partial charge in [-0.1, -0.05) is 36.0 Å². The lowest BCUT2D eigenvalue weighted by atomic mass is 10.2. The van der Waals surface area contributed by atoms with Crippen LogP contribution in [0.25, 0.3) is 11.4 Å². The van der Waals surface area contributed by atoms with Crippen LogP contribution in [0.4, 0.5) is 0 Å². The maximum Gasteiger partial charge on any atom is 0.242 e. The maximum absolute atomic E-state index is 12.6. The predicted molar refractivity (Wildman–Crippen MR) is 122 cm³/mol. The highest BCUT2D eigenvalue weighted by molar-refractivity contribution is 7.98. The lowest BCUT2D eigenvalue weighted by molar-refractivity contribution is -0.111. The third-order valence-electron chi connectivity index (χ3n) is 4.75. The number of hydrogen-bond donors (Lipinski definition) is 0. The first kappa shape index (κ1) is 25.3. The molecule has 0 aliphatic rings. The highest BCUT2D eigenvalue weighted by Crippen LogP contribution is 2.28. The van der Waals surface area contributed by atoms with Gasteiger partial charge in [0.1, 0.15) is 0 Å². The van der Waals surface area contributed by atoms with E-state index in [0.717, 1.165) is 12.8 Å². The van der Waals surface area contributed by atoms with Crippen molar-refractivity contribution in [3.63, 3.8) is 0 Å². The van der Waals surface area contributed by atoms with Gasteiger partial charge in [-0.05, 0) is 18.6 Å². The van der Waals surface area contributed by atoms with Crippen LogP contribution in [0.3, 0.4) is 0 Å². The molecule has 180 valence electrons. The van der Waals surface area contributed by atoms with Crippen LogP contribution in [0.15, 0.2) is 38.8 Å². The van der Waals surface area contributed by atoms with Gasteiger partial charge >= 0.3 is 0 Å². The van der Waals surface area contributed by atoms with Crippen molar-refractivity contribution < 1.29 is 22.4 Å². The average Bonchev–Trinajstić information content (AvgIpc) is 3.42. The van der Waals surface area contributed by atoms with E-state index in [1.807, 2.05) is 4.57 Å². The van der Waals surface area contributed by atoms with Gasteiger partial charge < -0.3 is 14.0 Å². The summed E-state index contributed by atoms with van der Waals surface area (Å²) in [5.41, 5.74) is 0.603. The molecule has 0 spiro atoms. The minimum Gasteiger partial charge on any atom is -0.354 e. The minimum absolute atomic E-state index is 0.165. The van der Waals surface area contributed by atoms with Gasteiger partial charge in [-0.3, -0.25) is 4.57 Å². The van der Waals surface area contributed by atoms with Crippen molar-refractivity contribution in [2.45, 2.75) is 48.4 Å². The number of ether oxygens (including phenoxy) is 2. The Kier molecular flexibility index (Phi) is 8.59. The van der Waals surface area contributed by atoms with Gasteiger partial charge in [-0.25, -0.2) is 12.7 Å². The zero-order valence-corrected chi connectivity index (χ0v) is 20.9. The molecule has 0 fully saturated rings. The second kappa shape index (κ2) is 11.2. The monoisotopic (exact) mass is 496 g/mol. The zero-order chi connectivity index (χ0) is 24.0. The topological polar surface area (TPSA) is 125 Å². The van der Waals surface area contributed by atoms with E-state index in [0.29, 0.717) is 40.6 Å². The molecule has 0 unspecified atom stereocenters. The number of aromatic nitrogens is 5. The molecule has 0 aliphatic heterocycles. The molecule has 3 aromatic rings. The zero-order valence-electron chi connectivity index (χ0n) is 19.3. The van der Waals surface area contributed by atoms with E-state index in [1.54, 1.807) is 38.5 Å². The molecule has 11 nitrogen and oxygen atoms in total. The Labute approximate surface area is 197 Å². The first-order valence-electron chi connectivity index (χ1n) is 10.3. The van der Waals surface area contributed by atoms with Crippen molar-refractivity contribution in [3.8, 4) is 11.4 Å². The third-order valence-corrected chi connectivity index (χ3v) is 7.52. The van der Waals surface area contributed by atoms with Crippen LogP contribution in [0.5, 0.6) is 0 Å². The maximum atomic E-state index is 12.6. The van der Waals surface area contributed by atoms with Crippen LogP contribution >= 0.6 is 11.8 Å². The fraction of sp³-hybridized carbons (Fsp3) is 0.500. The second-order valence-electron chi connectivity index (χ2n) is 7.28. The summed E-state index contributed by atoms with van der Waals surface area (Å²) in [7, 11) is 2.47. The number of benzene rings is 1. The van der Waals surface area contributed by atoms with E-state index in [-0.39, 0.29) is 4.90 Å². The molecular weight excluding hydrogens is 468 g/mol. The first-order chi connectivity index (χ1) is 15.8. The largest absolute Gasteiger partial charge is 0.354 e. The lowest BCUT2D eigenvalue weighted by Gasteiger charge is -2.17. The molecule has 33 heavy (non-hydrogen) atoms. The van der Waals surface area contributed by atoms with Gasteiger partial charge in [0, 0.05) is 40.3 Å². The molecule has 0 amide bonds.